The van der Waals surface area contributed by atoms with Gasteiger partial charge in [0.15, 0.2) is 23.5 Å². The molecule has 2 aliphatic rings. The molecule has 0 spiro atoms. The number of halogens is 1. The molecule has 208 valence electrons. The van der Waals surface area contributed by atoms with Crippen LogP contribution in [0.25, 0.3) is 28.0 Å². The summed E-state index contributed by atoms with van der Waals surface area (Å²) in [5.74, 6) is 0.383. The van der Waals surface area contributed by atoms with Crippen molar-refractivity contribution in [2.75, 3.05) is 18.0 Å². The Hall–Kier alpha value is -4.37. The molecule has 1 unspecified atom stereocenters. The number of hydrogen-bond acceptors (Lipinski definition) is 6. The van der Waals surface area contributed by atoms with Crippen LogP contribution in [0.2, 0.25) is 5.02 Å². The highest BCUT2D eigenvalue weighted by Gasteiger charge is 2.41. The first-order chi connectivity index (χ1) is 19.7. The van der Waals surface area contributed by atoms with Gasteiger partial charge in [-0.15, -0.1) is 4.57 Å². The fourth-order valence-electron chi connectivity index (χ4n) is 6.30. The van der Waals surface area contributed by atoms with Crippen LogP contribution in [0.1, 0.15) is 48.4 Å². The van der Waals surface area contributed by atoms with Crippen molar-refractivity contribution >= 4 is 40.6 Å². The summed E-state index contributed by atoms with van der Waals surface area (Å²) in [7, 11) is 0. The van der Waals surface area contributed by atoms with Crippen LogP contribution >= 0.6 is 11.6 Å². The fraction of sp³-hybridized carbons (Fsp3) is 0.290. The fourth-order valence-corrected chi connectivity index (χ4v) is 6.60. The molecule has 41 heavy (non-hydrogen) atoms. The molecule has 3 aromatic heterocycles. The van der Waals surface area contributed by atoms with E-state index in [1.54, 1.807) is 27.8 Å². The number of fused-ring (bicyclic) bond motifs is 2. The standard InChI is InChI=1S/C31H30ClN6O3/c1-6-25(40)35-14-19(4)36(15-18(35)3)29-23-13-24(32)28(22-10-8-7-9-21(22)16-39)37-20(5)26-27(17(2)11-12-33-26)38(30(23)37)31(41)34-29/h6-13,16,18-20H,1,14-15H2,2-5H3/q+1/t18-,19+,20?/m1/s1. The molecule has 0 radical (unpaired) electrons. The van der Waals surface area contributed by atoms with Gasteiger partial charge in [0.05, 0.1) is 5.02 Å². The Kier molecular flexibility index (Phi) is 6.49. The maximum Gasteiger partial charge on any atom is 0.442 e. The predicted octanol–water partition coefficient (Wildman–Crippen LogP) is 4.04. The molecule has 9 nitrogen and oxygen atoms in total. The van der Waals surface area contributed by atoms with E-state index in [2.05, 4.69) is 21.4 Å². The summed E-state index contributed by atoms with van der Waals surface area (Å²) in [5, 5.41) is 1.12. The van der Waals surface area contributed by atoms with Crippen LogP contribution in [0.5, 0.6) is 0 Å². The maximum absolute atomic E-state index is 14.0. The molecule has 10 heteroatoms. The molecule has 0 aliphatic carbocycles. The molecular formula is C31H30ClN6O3+. The third kappa shape index (κ3) is 3.98. The zero-order valence-corrected chi connectivity index (χ0v) is 24.1. The Morgan fingerprint density at radius 3 is 2.63 bits per heavy atom. The molecule has 0 N–H and O–H groups in total. The summed E-state index contributed by atoms with van der Waals surface area (Å²) in [4.78, 5) is 51.8. The normalized spacial score (nSPS) is 19.7. The van der Waals surface area contributed by atoms with Gasteiger partial charge in [-0.1, -0.05) is 36.4 Å². The van der Waals surface area contributed by atoms with Gasteiger partial charge in [-0.3, -0.25) is 14.6 Å². The van der Waals surface area contributed by atoms with Gasteiger partial charge in [0.2, 0.25) is 5.91 Å². The predicted molar refractivity (Wildman–Crippen MR) is 158 cm³/mol. The van der Waals surface area contributed by atoms with Crippen molar-refractivity contribution < 1.29 is 14.2 Å². The van der Waals surface area contributed by atoms with Gasteiger partial charge < -0.3 is 9.80 Å². The number of carbonyl (C=O) groups is 2. The third-order valence-electron chi connectivity index (χ3n) is 8.27. The molecule has 1 fully saturated rings. The van der Waals surface area contributed by atoms with E-state index in [1.807, 2.05) is 56.5 Å². The quantitative estimate of drug-likeness (QED) is 0.209. The first kappa shape index (κ1) is 26.8. The molecule has 3 atom stereocenters. The van der Waals surface area contributed by atoms with Gasteiger partial charge in [-0.05, 0) is 52.0 Å². The van der Waals surface area contributed by atoms with Crippen LogP contribution in [0.3, 0.4) is 0 Å². The molecule has 5 heterocycles. The lowest BCUT2D eigenvalue weighted by molar-refractivity contribution is -0.679. The highest BCUT2D eigenvalue weighted by Crippen LogP contribution is 2.39. The van der Waals surface area contributed by atoms with E-state index in [4.69, 9.17) is 11.6 Å². The lowest BCUT2D eigenvalue weighted by Crippen LogP contribution is -2.58. The number of nitrogens with zero attached hydrogens (tertiary/aromatic N) is 6. The van der Waals surface area contributed by atoms with Crippen LogP contribution in [0, 0.1) is 6.92 Å². The molecular weight excluding hydrogens is 540 g/mol. The van der Waals surface area contributed by atoms with Gasteiger partial charge in [0.25, 0.3) is 0 Å². The van der Waals surface area contributed by atoms with E-state index in [0.29, 0.717) is 63.2 Å². The molecule has 4 aromatic rings. The van der Waals surface area contributed by atoms with Crippen molar-refractivity contribution in [1.82, 2.24) is 19.4 Å². The average Bonchev–Trinajstić information content (AvgIpc) is 2.96. The van der Waals surface area contributed by atoms with Crippen LogP contribution in [0.4, 0.5) is 5.82 Å². The van der Waals surface area contributed by atoms with Crippen molar-refractivity contribution in [2.45, 2.75) is 45.8 Å². The number of piperazine rings is 1. The molecule has 2 aliphatic heterocycles. The summed E-state index contributed by atoms with van der Waals surface area (Å²) < 4.78 is 3.62. The van der Waals surface area contributed by atoms with E-state index < -0.39 is 5.69 Å². The van der Waals surface area contributed by atoms with Crippen molar-refractivity contribution in [2.24, 2.45) is 0 Å². The van der Waals surface area contributed by atoms with Gasteiger partial charge in [-0.2, -0.15) is 4.98 Å². The van der Waals surface area contributed by atoms with Crippen LogP contribution < -0.4 is 15.2 Å². The Morgan fingerprint density at radius 2 is 1.90 bits per heavy atom. The van der Waals surface area contributed by atoms with Crippen molar-refractivity contribution in [3.63, 3.8) is 0 Å². The second kappa shape index (κ2) is 9.92. The lowest BCUT2D eigenvalue weighted by Gasteiger charge is -2.44. The van der Waals surface area contributed by atoms with E-state index in [1.165, 1.54) is 6.08 Å². The van der Waals surface area contributed by atoms with Gasteiger partial charge in [-0.25, -0.2) is 9.36 Å². The number of carbonyl (C=O) groups excluding carboxylic acids is 2. The summed E-state index contributed by atoms with van der Waals surface area (Å²) >= 11 is 7.10. The number of aldehydes is 1. The number of rotatable bonds is 4. The summed E-state index contributed by atoms with van der Waals surface area (Å²) in [6.07, 6.45) is 3.87. The summed E-state index contributed by atoms with van der Waals surface area (Å²) in [6.45, 7) is 12.5. The minimum Gasteiger partial charge on any atom is -0.349 e. The van der Waals surface area contributed by atoms with Crippen LogP contribution in [-0.2, 0) is 4.79 Å². The maximum atomic E-state index is 14.0. The summed E-state index contributed by atoms with van der Waals surface area (Å²) in [6, 6.07) is 10.4. The van der Waals surface area contributed by atoms with Crippen LogP contribution in [0.15, 0.2) is 60.0 Å². The highest BCUT2D eigenvalue weighted by atomic mass is 35.5. The average molecular weight is 570 g/mol. The minimum absolute atomic E-state index is 0.125. The number of aryl methyl sites for hydroxylation is 1. The Bertz CT molecular complexity index is 1830. The van der Waals surface area contributed by atoms with Crippen molar-refractivity contribution in [3.8, 4) is 16.9 Å². The van der Waals surface area contributed by atoms with Crippen molar-refractivity contribution in [3.05, 3.63) is 87.6 Å². The zero-order chi connectivity index (χ0) is 29.2. The van der Waals surface area contributed by atoms with Crippen LogP contribution in [-0.4, -0.2) is 56.8 Å². The largest absolute Gasteiger partial charge is 0.442 e. The van der Waals surface area contributed by atoms with Gasteiger partial charge >= 0.3 is 11.3 Å². The highest BCUT2D eigenvalue weighted by molar-refractivity contribution is 6.33. The number of aromatic nitrogens is 4. The number of anilines is 1. The minimum atomic E-state index is -0.438. The first-order valence-corrected chi connectivity index (χ1v) is 14.0. The smallest absolute Gasteiger partial charge is 0.349 e. The third-order valence-corrected chi connectivity index (χ3v) is 8.56. The molecule has 0 saturated carbocycles. The SMILES string of the molecule is C=CC(=O)N1C[C@H](C)N(c2nc(=O)n3c4c2cc(Cl)c(-c2ccccc2C=O)[n+]4C(C)c2nccc(C)c2-3)C[C@H]1C. The number of amides is 1. The Morgan fingerprint density at radius 1 is 1.15 bits per heavy atom. The van der Waals surface area contributed by atoms with E-state index in [9.17, 15) is 14.4 Å². The van der Waals surface area contributed by atoms with Crippen molar-refractivity contribution in [1.29, 1.82) is 0 Å². The second-order valence-corrected chi connectivity index (χ2v) is 11.2. The zero-order valence-electron chi connectivity index (χ0n) is 23.3. The second-order valence-electron chi connectivity index (χ2n) is 10.8. The van der Waals surface area contributed by atoms with E-state index in [-0.39, 0.29) is 24.0 Å². The number of hydrogen-bond donors (Lipinski definition) is 0. The molecule has 1 amide bonds. The molecule has 1 saturated heterocycles. The first-order valence-electron chi connectivity index (χ1n) is 13.6. The number of benzene rings is 1. The topological polar surface area (TPSA) is 92.3 Å². The Labute approximate surface area is 242 Å². The molecule has 6 rings (SSSR count). The lowest BCUT2D eigenvalue weighted by atomic mass is 9.99. The summed E-state index contributed by atoms with van der Waals surface area (Å²) in [5.41, 5.74) is 4.27. The number of pyridine rings is 2. The van der Waals surface area contributed by atoms with E-state index >= 15 is 0 Å². The molecule has 1 aromatic carbocycles. The van der Waals surface area contributed by atoms with Gasteiger partial charge in [0, 0.05) is 48.1 Å². The Balaban J connectivity index is 1.70. The van der Waals surface area contributed by atoms with E-state index in [0.717, 1.165) is 11.8 Å². The van der Waals surface area contributed by atoms with Gasteiger partial charge in [0.1, 0.15) is 17.1 Å². The molecule has 0 bridgehead atoms. The monoisotopic (exact) mass is 569 g/mol.